The Morgan fingerprint density at radius 3 is 1.87 bits per heavy atom. The smallest absolute Gasteiger partial charge is 0.251 e. The monoisotopic (exact) mass is 425 g/mol. The molecule has 8 nitrogen and oxygen atoms in total. The van der Waals surface area contributed by atoms with Gasteiger partial charge in [-0.1, -0.05) is 19.8 Å². The number of nitrogens with one attached hydrogen (secondary N) is 1. The van der Waals surface area contributed by atoms with Crippen LogP contribution in [0.4, 0.5) is 0 Å². The number of benzene rings is 1. The van der Waals surface area contributed by atoms with E-state index < -0.39 is 0 Å². The van der Waals surface area contributed by atoms with Crippen LogP contribution in [-0.2, 0) is 18.9 Å². The first-order valence-corrected chi connectivity index (χ1v) is 10.8. The highest BCUT2D eigenvalue weighted by atomic mass is 16.6. The van der Waals surface area contributed by atoms with Gasteiger partial charge in [-0.2, -0.15) is 0 Å². The summed E-state index contributed by atoms with van der Waals surface area (Å²) in [6, 6.07) is 5.21. The van der Waals surface area contributed by atoms with Crippen molar-refractivity contribution >= 4 is 5.91 Å². The van der Waals surface area contributed by atoms with E-state index in [2.05, 4.69) is 12.2 Å². The minimum Gasteiger partial charge on any atom is -0.487 e. The summed E-state index contributed by atoms with van der Waals surface area (Å²) in [6.07, 6.45) is 3.18. The van der Waals surface area contributed by atoms with E-state index in [1.807, 2.05) is 0 Å². The van der Waals surface area contributed by atoms with E-state index in [1.54, 1.807) is 18.2 Å². The number of hydrogen-bond acceptors (Lipinski definition) is 7. The molecule has 0 saturated heterocycles. The quantitative estimate of drug-likeness (QED) is 0.726. The van der Waals surface area contributed by atoms with E-state index in [4.69, 9.17) is 28.4 Å². The maximum atomic E-state index is 12.4. The van der Waals surface area contributed by atoms with E-state index >= 15 is 0 Å². The molecule has 1 aromatic carbocycles. The van der Waals surface area contributed by atoms with E-state index in [0.717, 1.165) is 19.3 Å². The van der Waals surface area contributed by atoms with Crippen LogP contribution in [0.25, 0.3) is 0 Å². The summed E-state index contributed by atoms with van der Waals surface area (Å²) in [6.45, 7) is 7.41. The van der Waals surface area contributed by atoms with E-state index in [9.17, 15) is 4.79 Å². The lowest BCUT2D eigenvalue weighted by molar-refractivity contribution is -0.00842. The Kier molecular flexibility index (Phi) is 12.9. The lowest BCUT2D eigenvalue weighted by Gasteiger charge is -2.15. The lowest BCUT2D eigenvalue weighted by atomic mass is 10.2. The van der Waals surface area contributed by atoms with Crippen LogP contribution in [0.2, 0.25) is 0 Å². The van der Waals surface area contributed by atoms with Gasteiger partial charge >= 0.3 is 0 Å². The molecule has 1 N–H and O–H groups in total. The van der Waals surface area contributed by atoms with Gasteiger partial charge in [0.05, 0.1) is 52.9 Å². The van der Waals surface area contributed by atoms with Crippen LogP contribution >= 0.6 is 0 Å². The van der Waals surface area contributed by atoms with Crippen LogP contribution < -0.4 is 14.8 Å². The van der Waals surface area contributed by atoms with Gasteiger partial charge in [0.25, 0.3) is 5.91 Å². The van der Waals surface area contributed by atoms with Gasteiger partial charge in [0, 0.05) is 12.1 Å². The molecule has 0 aliphatic carbocycles. The number of hydrogen-bond donors (Lipinski definition) is 1. The van der Waals surface area contributed by atoms with Crippen LogP contribution in [0.5, 0.6) is 11.5 Å². The Morgan fingerprint density at radius 2 is 1.30 bits per heavy atom. The Balaban J connectivity index is 1.93. The second-order valence-corrected chi connectivity index (χ2v) is 6.77. The van der Waals surface area contributed by atoms with E-state index in [0.29, 0.717) is 89.7 Å². The Bertz CT molecular complexity index is 597. The molecule has 1 aromatic rings. The second kappa shape index (κ2) is 15.9. The van der Waals surface area contributed by atoms with Crippen molar-refractivity contribution in [2.45, 2.75) is 26.2 Å². The highest BCUT2D eigenvalue weighted by Gasteiger charge is 2.12. The molecule has 30 heavy (non-hydrogen) atoms. The summed E-state index contributed by atoms with van der Waals surface area (Å²) in [5.41, 5.74) is 0.540. The average molecular weight is 426 g/mol. The van der Waals surface area contributed by atoms with Gasteiger partial charge < -0.3 is 33.7 Å². The highest BCUT2D eigenvalue weighted by molar-refractivity contribution is 5.94. The molecule has 0 unspecified atom stereocenters. The molecule has 0 atom stereocenters. The third-order valence-electron chi connectivity index (χ3n) is 4.36. The fraction of sp³-hybridized carbons (Fsp3) is 0.682. The SMILES string of the molecule is CCCCCNC(=O)c1ccc2c(c1)OCCOCCOCCOCCOCCO2. The third-order valence-corrected chi connectivity index (χ3v) is 4.36. The number of rotatable bonds is 5. The van der Waals surface area contributed by atoms with Crippen molar-refractivity contribution in [2.75, 3.05) is 72.6 Å². The summed E-state index contributed by atoms with van der Waals surface area (Å²) in [5.74, 6) is 0.969. The number of ether oxygens (including phenoxy) is 6. The number of carbonyl (C=O) groups is 1. The average Bonchev–Trinajstić information content (AvgIpc) is 2.76. The second-order valence-electron chi connectivity index (χ2n) is 6.77. The normalized spacial score (nSPS) is 17.5. The first-order chi connectivity index (χ1) is 14.8. The molecular formula is C22H35NO7. The molecule has 0 bridgehead atoms. The number of carbonyl (C=O) groups excluding carboxylic acids is 1. The Labute approximate surface area is 179 Å². The molecule has 1 aliphatic rings. The van der Waals surface area contributed by atoms with E-state index in [-0.39, 0.29) is 5.91 Å². The van der Waals surface area contributed by atoms with Gasteiger partial charge in [0.2, 0.25) is 0 Å². The van der Waals surface area contributed by atoms with Crippen molar-refractivity contribution in [2.24, 2.45) is 0 Å². The maximum absolute atomic E-state index is 12.4. The fourth-order valence-electron chi connectivity index (χ4n) is 2.74. The van der Waals surface area contributed by atoms with Crippen LogP contribution in [0.3, 0.4) is 0 Å². The van der Waals surface area contributed by atoms with Gasteiger partial charge in [-0.3, -0.25) is 4.79 Å². The van der Waals surface area contributed by atoms with E-state index in [1.165, 1.54) is 0 Å². The molecule has 1 heterocycles. The van der Waals surface area contributed by atoms with Gasteiger partial charge in [-0.25, -0.2) is 0 Å². The summed E-state index contributed by atoms with van der Waals surface area (Å²) < 4.78 is 33.5. The summed E-state index contributed by atoms with van der Waals surface area (Å²) in [7, 11) is 0. The van der Waals surface area contributed by atoms with Crippen molar-refractivity contribution in [1.29, 1.82) is 0 Å². The van der Waals surface area contributed by atoms with Gasteiger partial charge in [-0.15, -0.1) is 0 Å². The molecule has 0 aromatic heterocycles. The molecule has 0 fully saturated rings. The predicted molar refractivity (Wildman–Crippen MR) is 113 cm³/mol. The molecule has 0 spiro atoms. The molecule has 170 valence electrons. The van der Waals surface area contributed by atoms with Crippen molar-refractivity contribution in [1.82, 2.24) is 5.32 Å². The first kappa shape index (κ1) is 24.4. The standard InChI is InChI=1S/C22H35NO7/c1-2-3-4-7-23-22(24)19-5-6-20-21(18-19)30-17-15-28-13-11-26-9-8-25-10-12-27-14-16-29-20/h5-6,18H,2-4,7-17H2,1H3,(H,23,24). The zero-order valence-corrected chi connectivity index (χ0v) is 18.0. The zero-order valence-electron chi connectivity index (χ0n) is 18.0. The largest absolute Gasteiger partial charge is 0.487 e. The summed E-state index contributed by atoms with van der Waals surface area (Å²) >= 11 is 0. The Hall–Kier alpha value is -1.87. The minimum atomic E-state index is -0.117. The number of amides is 1. The maximum Gasteiger partial charge on any atom is 0.251 e. The van der Waals surface area contributed by atoms with Gasteiger partial charge in [0.15, 0.2) is 11.5 Å². The summed E-state index contributed by atoms with van der Waals surface area (Å²) in [4.78, 5) is 12.4. The van der Waals surface area contributed by atoms with Crippen molar-refractivity contribution < 1.29 is 33.2 Å². The number of unbranched alkanes of at least 4 members (excludes halogenated alkanes) is 2. The van der Waals surface area contributed by atoms with Crippen LogP contribution in [0, 0.1) is 0 Å². The number of fused-ring (bicyclic) bond motifs is 1. The van der Waals surface area contributed by atoms with Crippen molar-refractivity contribution in [3.63, 3.8) is 0 Å². The van der Waals surface area contributed by atoms with Crippen LogP contribution in [0.1, 0.15) is 36.5 Å². The molecule has 2 rings (SSSR count). The summed E-state index contributed by atoms with van der Waals surface area (Å²) in [5, 5.41) is 2.94. The molecular weight excluding hydrogens is 390 g/mol. The molecule has 0 saturated carbocycles. The zero-order chi connectivity index (χ0) is 21.3. The molecule has 8 heteroatoms. The minimum absolute atomic E-state index is 0.117. The Morgan fingerprint density at radius 1 is 0.767 bits per heavy atom. The lowest BCUT2D eigenvalue weighted by Crippen LogP contribution is -2.24. The fourth-order valence-corrected chi connectivity index (χ4v) is 2.74. The van der Waals surface area contributed by atoms with Crippen LogP contribution in [-0.4, -0.2) is 78.5 Å². The molecule has 1 aliphatic heterocycles. The predicted octanol–water partition coefficient (Wildman–Crippen LogP) is 2.44. The van der Waals surface area contributed by atoms with Crippen molar-refractivity contribution in [3.05, 3.63) is 23.8 Å². The first-order valence-electron chi connectivity index (χ1n) is 10.8. The highest BCUT2D eigenvalue weighted by Crippen LogP contribution is 2.28. The third kappa shape index (κ3) is 10.2. The molecule has 1 amide bonds. The molecule has 0 radical (unpaired) electrons. The van der Waals surface area contributed by atoms with Gasteiger partial charge in [-0.05, 0) is 24.6 Å². The van der Waals surface area contributed by atoms with Crippen molar-refractivity contribution in [3.8, 4) is 11.5 Å². The van der Waals surface area contributed by atoms with Crippen LogP contribution in [0.15, 0.2) is 18.2 Å². The van der Waals surface area contributed by atoms with Gasteiger partial charge in [0.1, 0.15) is 13.2 Å². The topological polar surface area (TPSA) is 84.5 Å².